The van der Waals surface area contributed by atoms with Crippen LogP contribution in [0.5, 0.6) is 0 Å². The molecule has 0 spiro atoms. The predicted octanol–water partition coefficient (Wildman–Crippen LogP) is 2.77. The Bertz CT molecular complexity index is 1600. The number of pyridine rings is 1. The van der Waals surface area contributed by atoms with Gasteiger partial charge in [0, 0.05) is 24.7 Å². The van der Waals surface area contributed by atoms with Crippen LogP contribution in [0.3, 0.4) is 0 Å². The Labute approximate surface area is 204 Å². The van der Waals surface area contributed by atoms with E-state index in [2.05, 4.69) is 20.0 Å². The summed E-state index contributed by atoms with van der Waals surface area (Å²) in [5.41, 5.74) is 2.17. The van der Waals surface area contributed by atoms with Crippen molar-refractivity contribution in [3.63, 3.8) is 0 Å². The maximum atomic E-state index is 13.6. The number of aromatic nitrogens is 4. The van der Waals surface area contributed by atoms with Crippen LogP contribution in [-0.2, 0) is 24.1 Å². The molecule has 0 saturated carbocycles. The Kier molecular flexibility index (Phi) is 6.06. The van der Waals surface area contributed by atoms with Crippen LogP contribution in [0, 0.1) is 12.8 Å². The van der Waals surface area contributed by atoms with Crippen LogP contribution in [0.1, 0.15) is 24.8 Å². The van der Waals surface area contributed by atoms with Crippen LogP contribution in [-0.4, -0.2) is 62.4 Å². The Hall–Kier alpha value is -2.96. The molecule has 12 heteroatoms. The van der Waals surface area contributed by atoms with Crippen LogP contribution in [0.15, 0.2) is 52.8 Å². The summed E-state index contributed by atoms with van der Waals surface area (Å²) in [4.78, 5) is 12.3. The fourth-order valence-electron chi connectivity index (χ4n) is 4.70. The first-order valence-corrected chi connectivity index (χ1v) is 14.7. The van der Waals surface area contributed by atoms with E-state index in [0.29, 0.717) is 34.6 Å². The number of aryl methyl sites for hydroxylation is 1. The second kappa shape index (κ2) is 8.92. The molecule has 1 fully saturated rings. The topological polar surface area (TPSA) is 127 Å². The van der Waals surface area contributed by atoms with Gasteiger partial charge >= 0.3 is 0 Å². The van der Waals surface area contributed by atoms with E-state index < -0.39 is 20.0 Å². The third-order valence-electron chi connectivity index (χ3n) is 6.50. The van der Waals surface area contributed by atoms with E-state index in [4.69, 9.17) is 4.18 Å². The highest BCUT2D eigenvalue weighted by molar-refractivity contribution is 7.91. The summed E-state index contributed by atoms with van der Waals surface area (Å²) >= 11 is 0. The SMILES string of the molecule is Cc1ccccc1S(=O)(=O)c1nc2[nH]ccc2c2c1ncn2N1CCC(CCOS(C)(=O)=O)CC1. The van der Waals surface area contributed by atoms with Gasteiger partial charge in [0.15, 0.2) is 5.03 Å². The second-order valence-electron chi connectivity index (χ2n) is 8.92. The van der Waals surface area contributed by atoms with Gasteiger partial charge in [-0.25, -0.2) is 23.1 Å². The van der Waals surface area contributed by atoms with Crippen molar-refractivity contribution in [2.75, 3.05) is 31.0 Å². The largest absolute Gasteiger partial charge is 0.346 e. The Morgan fingerprint density at radius 1 is 1.11 bits per heavy atom. The van der Waals surface area contributed by atoms with Crippen molar-refractivity contribution in [1.29, 1.82) is 0 Å². The molecule has 3 aromatic heterocycles. The van der Waals surface area contributed by atoms with Crippen LogP contribution in [0.2, 0.25) is 0 Å². The first kappa shape index (κ1) is 23.8. The Morgan fingerprint density at radius 2 is 1.86 bits per heavy atom. The molecule has 4 aromatic rings. The summed E-state index contributed by atoms with van der Waals surface area (Å²) in [5, 5.41) is 2.87. The van der Waals surface area contributed by atoms with Crippen molar-refractivity contribution in [1.82, 2.24) is 19.6 Å². The van der Waals surface area contributed by atoms with Gasteiger partial charge in [-0.1, -0.05) is 18.2 Å². The first-order chi connectivity index (χ1) is 16.6. The third kappa shape index (κ3) is 4.53. The van der Waals surface area contributed by atoms with Crippen molar-refractivity contribution >= 4 is 42.0 Å². The van der Waals surface area contributed by atoms with E-state index in [0.717, 1.165) is 37.6 Å². The van der Waals surface area contributed by atoms with Crippen LogP contribution in [0.4, 0.5) is 0 Å². The van der Waals surface area contributed by atoms with Crippen molar-refractivity contribution in [2.24, 2.45) is 5.92 Å². The highest BCUT2D eigenvalue weighted by Crippen LogP contribution is 2.33. The fourth-order valence-corrected chi connectivity index (χ4v) is 6.67. The molecule has 0 unspecified atom stereocenters. The van der Waals surface area contributed by atoms with Gasteiger partial charge in [-0.05, 0) is 49.8 Å². The molecule has 0 atom stereocenters. The molecule has 5 rings (SSSR count). The fraction of sp³-hybridized carbons (Fsp3) is 0.391. The third-order valence-corrected chi connectivity index (χ3v) is 8.93. The lowest BCUT2D eigenvalue weighted by molar-refractivity contribution is 0.257. The zero-order chi connectivity index (χ0) is 24.8. The number of imidazole rings is 1. The number of hydrogen-bond acceptors (Lipinski definition) is 8. The van der Waals surface area contributed by atoms with Crippen molar-refractivity contribution < 1.29 is 21.0 Å². The van der Waals surface area contributed by atoms with Crippen LogP contribution < -0.4 is 5.01 Å². The number of H-pyrrole nitrogens is 1. The summed E-state index contributed by atoms with van der Waals surface area (Å²) in [5.74, 6) is 0.355. The number of piperidine rings is 1. The summed E-state index contributed by atoms with van der Waals surface area (Å²) in [6.07, 6.45) is 6.86. The van der Waals surface area contributed by atoms with Crippen LogP contribution in [0.25, 0.3) is 22.1 Å². The molecule has 0 aliphatic carbocycles. The molecule has 10 nitrogen and oxygen atoms in total. The van der Waals surface area contributed by atoms with Crippen molar-refractivity contribution in [3.8, 4) is 0 Å². The quantitative estimate of drug-likeness (QED) is 0.371. The number of sulfone groups is 1. The first-order valence-electron chi connectivity index (χ1n) is 11.4. The maximum absolute atomic E-state index is 13.6. The lowest BCUT2D eigenvalue weighted by atomic mass is 9.95. The van der Waals surface area contributed by atoms with Gasteiger partial charge in [0.05, 0.1) is 17.8 Å². The molecule has 0 bridgehead atoms. The minimum Gasteiger partial charge on any atom is -0.346 e. The summed E-state index contributed by atoms with van der Waals surface area (Å²) < 4.78 is 56.5. The normalized spacial score (nSPS) is 15.9. The van der Waals surface area contributed by atoms with Gasteiger partial charge < -0.3 is 9.99 Å². The number of nitrogens with one attached hydrogen (secondary N) is 1. The molecule has 1 aliphatic heterocycles. The minimum atomic E-state index is -3.90. The second-order valence-corrected chi connectivity index (χ2v) is 12.4. The number of nitrogens with zero attached hydrogens (tertiary/aromatic N) is 4. The number of rotatable bonds is 7. The highest BCUT2D eigenvalue weighted by atomic mass is 32.2. The van der Waals surface area contributed by atoms with Gasteiger partial charge in [-0.15, -0.1) is 0 Å². The van der Waals surface area contributed by atoms with E-state index in [9.17, 15) is 16.8 Å². The van der Waals surface area contributed by atoms with Gasteiger partial charge in [0.1, 0.15) is 23.0 Å². The van der Waals surface area contributed by atoms with E-state index in [-0.39, 0.29) is 16.5 Å². The van der Waals surface area contributed by atoms with Crippen molar-refractivity contribution in [3.05, 3.63) is 48.4 Å². The van der Waals surface area contributed by atoms with E-state index >= 15 is 0 Å². The molecule has 4 heterocycles. The van der Waals surface area contributed by atoms with E-state index in [1.165, 1.54) is 0 Å². The molecular weight excluding hydrogens is 490 g/mol. The lowest BCUT2D eigenvalue weighted by Gasteiger charge is -2.34. The number of fused-ring (bicyclic) bond motifs is 3. The van der Waals surface area contributed by atoms with Gasteiger partial charge in [-0.2, -0.15) is 8.42 Å². The number of hydrogen-bond donors (Lipinski definition) is 1. The van der Waals surface area contributed by atoms with E-state index in [1.807, 2.05) is 10.7 Å². The molecule has 186 valence electrons. The summed E-state index contributed by atoms with van der Waals surface area (Å²) in [6.45, 7) is 3.40. The molecule has 0 amide bonds. The molecule has 35 heavy (non-hydrogen) atoms. The molecule has 1 aliphatic rings. The molecule has 0 radical (unpaired) electrons. The minimum absolute atomic E-state index is 0.0664. The molecule has 1 N–H and O–H groups in total. The molecule has 1 saturated heterocycles. The zero-order valence-corrected chi connectivity index (χ0v) is 21.1. The molecule has 1 aromatic carbocycles. The lowest BCUT2D eigenvalue weighted by Crippen LogP contribution is -2.41. The van der Waals surface area contributed by atoms with Gasteiger partial charge in [-0.3, -0.25) is 4.18 Å². The highest BCUT2D eigenvalue weighted by Gasteiger charge is 2.29. The Balaban J connectivity index is 1.49. The smallest absolute Gasteiger partial charge is 0.264 e. The summed E-state index contributed by atoms with van der Waals surface area (Å²) in [6, 6.07) is 8.74. The van der Waals surface area contributed by atoms with Crippen molar-refractivity contribution in [2.45, 2.75) is 36.1 Å². The monoisotopic (exact) mass is 517 g/mol. The average molecular weight is 518 g/mol. The number of benzene rings is 1. The number of aromatic amines is 1. The van der Waals surface area contributed by atoms with Gasteiger partial charge in [0.25, 0.3) is 10.1 Å². The average Bonchev–Trinajstić information content (AvgIpc) is 3.45. The van der Waals surface area contributed by atoms with E-state index in [1.54, 1.807) is 43.7 Å². The van der Waals surface area contributed by atoms with Gasteiger partial charge in [0.2, 0.25) is 9.84 Å². The Morgan fingerprint density at radius 3 is 2.57 bits per heavy atom. The standard InChI is InChI=1S/C23H27N5O5S2/c1-16-5-3-4-6-19(16)35(31,32)23-20-21(18-7-11-24-22(18)26-23)28(15-25-20)27-12-8-17(9-13-27)10-14-33-34(2,29)30/h3-7,11,15,17H,8-10,12-14H2,1-2H3,(H,24,26). The van der Waals surface area contributed by atoms with Crippen LogP contribution >= 0.6 is 0 Å². The summed E-state index contributed by atoms with van der Waals surface area (Å²) in [7, 11) is -7.33. The maximum Gasteiger partial charge on any atom is 0.264 e. The molecular formula is C23H27N5O5S2. The zero-order valence-electron chi connectivity index (χ0n) is 19.5. The predicted molar refractivity (Wildman–Crippen MR) is 132 cm³/mol.